The van der Waals surface area contributed by atoms with E-state index in [1.54, 1.807) is 91.9 Å². The van der Waals surface area contributed by atoms with E-state index in [0.717, 1.165) is 5.56 Å². The first-order chi connectivity index (χ1) is 18.9. The quantitative estimate of drug-likeness (QED) is 0.289. The Bertz CT molecular complexity index is 1620. The SMILES string of the molecule is CCOC(=O)c1ccc(NC(=O)c2ccc3c(c2)N(Cc2cccc(Cl)c2)C(=O)c2ccccc2[S@]3=O)cc1. The second kappa shape index (κ2) is 11.2. The zero-order valence-corrected chi connectivity index (χ0v) is 22.4. The summed E-state index contributed by atoms with van der Waals surface area (Å²) in [7, 11) is -1.64. The van der Waals surface area contributed by atoms with Crippen LogP contribution in [-0.2, 0) is 22.1 Å². The van der Waals surface area contributed by atoms with Crippen LogP contribution in [0.1, 0.15) is 43.6 Å². The van der Waals surface area contributed by atoms with E-state index in [2.05, 4.69) is 5.32 Å². The van der Waals surface area contributed by atoms with Crippen LogP contribution in [0, 0.1) is 0 Å². The Labute approximate surface area is 232 Å². The summed E-state index contributed by atoms with van der Waals surface area (Å²) in [5.41, 5.74) is 2.61. The van der Waals surface area contributed by atoms with Gasteiger partial charge in [-0.25, -0.2) is 9.00 Å². The number of anilines is 2. The number of nitrogens with one attached hydrogen (secondary N) is 1. The first kappa shape index (κ1) is 26.3. The number of amides is 2. The summed E-state index contributed by atoms with van der Waals surface area (Å²) in [6.07, 6.45) is 0. The third kappa shape index (κ3) is 5.48. The van der Waals surface area contributed by atoms with E-state index in [-0.39, 0.29) is 24.6 Å². The Morgan fingerprint density at radius 3 is 2.38 bits per heavy atom. The largest absolute Gasteiger partial charge is 0.462 e. The molecule has 7 nitrogen and oxygen atoms in total. The van der Waals surface area contributed by atoms with Crippen LogP contribution in [0.3, 0.4) is 0 Å². The number of nitrogens with zero attached hydrogens (tertiary/aromatic N) is 1. The van der Waals surface area contributed by atoms with E-state index in [0.29, 0.717) is 37.3 Å². The van der Waals surface area contributed by atoms with Crippen LogP contribution < -0.4 is 10.2 Å². The van der Waals surface area contributed by atoms with Gasteiger partial charge in [-0.15, -0.1) is 0 Å². The fourth-order valence-corrected chi connectivity index (χ4v) is 5.84. The second-order valence-corrected chi connectivity index (χ2v) is 10.6. The summed E-state index contributed by atoms with van der Waals surface area (Å²) in [6.45, 7) is 2.16. The van der Waals surface area contributed by atoms with Crippen LogP contribution in [-0.4, -0.2) is 28.6 Å². The van der Waals surface area contributed by atoms with Crippen LogP contribution in [0.25, 0.3) is 0 Å². The minimum atomic E-state index is -1.64. The van der Waals surface area contributed by atoms with Crippen molar-refractivity contribution >= 4 is 51.6 Å². The lowest BCUT2D eigenvalue weighted by Crippen LogP contribution is -2.30. The van der Waals surface area contributed by atoms with Gasteiger partial charge in [0, 0.05) is 16.3 Å². The first-order valence-corrected chi connectivity index (χ1v) is 13.7. The van der Waals surface area contributed by atoms with E-state index < -0.39 is 22.7 Å². The first-order valence-electron chi connectivity index (χ1n) is 12.2. The van der Waals surface area contributed by atoms with Crippen molar-refractivity contribution in [3.8, 4) is 0 Å². The molecule has 1 aliphatic heterocycles. The predicted octanol–water partition coefficient (Wildman–Crippen LogP) is 6.10. The Kier molecular flexibility index (Phi) is 7.58. The number of benzene rings is 4. The molecule has 0 saturated heterocycles. The predicted molar refractivity (Wildman–Crippen MR) is 150 cm³/mol. The summed E-state index contributed by atoms with van der Waals surface area (Å²) in [4.78, 5) is 41.2. The molecule has 1 atom stereocenters. The number of ether oxygens (including phenoxy) is 1. The molecule has 4 aromatic rings. The van der Waals surface area contributed by atoms with E-state index in [4.69, 9.17) is 16.3 Å². The van der Waals surface area contributed by atoms with Crippen molar-refractivity contribution in [1.29, 1.82) is 0 Å². The van der Waals surface area contributed by atoms with Crippen LogP contribution in [0.2, 0.25) is 5.02 Å². The number of fused-ring (bicyclic) bond motifs is 2. The van der Waals surface area contributed by atoms with Crippen LogP contribution in [0.15, 0.2) is 101 Å². The van der Waals surface area contributed by atoms with Crippen LogP contribution in [0.5, 0.6) is 0 Å². The van der Waals surface area contributed by atoms with Gasteiger partial charge < -0.3 is 15.0 Å². The van der Waals surface area contributed by atoms with Gasteiger partial charge in [0.15, 0.2) is 0 Å². The van der Waals surface area contributed by atoms with Gasteiger partial charge in [0.2, 0.25) is 0 Å². The molecule has 9 heteroatoms. The fraction of sp³-hybridized carbons (Fsp3) is 0.100. The van der Waals surface area contributed by atoms with Crippen LogP contribution >= 0.6 is 11.6 Å². The highest BCUT2D eigenvalue weighted by molar-refractivity contribution is 7.85. The van der Waals surface area contributed by atoms with Crippen molar-refractivity contribution in [2.75, 3.05) is 16.8 Å². The van der Waals surface area contributed by atoms with Gasteiger partial charge in [-0.05, 0) is 79.2 Å². The normalized spacial score (nSPS) is 14.2. The number of hydrogen-bond donors (Lipinski definition) is 1. The molecule has 2 amide bonds. The molecule has 0 unspecified atom stereocenters. The van der Waals surface area contributed by atoms with Crippen molar-refractivity contribution in [1.82, 2.24) is 0 Å². The summed E-state index contributed by atoms with van der Waals surface area (Å²) in [5, 5.41) is 3.33. The van der Waals surface area contributed by atoms with Crippen molar-refractivity contribution < 1.29 is 23.3 Å². The Morgan fingerprint density at radius 1 is 0.897 bits per heavy atom. The van der Waals surface area contributed by atoms with Gasteiger partial charge in [-0.1, -0.05) is 35.9 Å². The van der Waals surface area contributed by atoms with E-state index in [1.807, 2.05) is 6.07 Å². The highest BCUT2D eigenvalue weighted by Gasteiger charge is 2.31. The molecule has 1 heterocycles. The van der Waals surface area contributed by atoms with Crippen LogP contribution in [0.4, 0.5) is 11.4 Å². The zero-order valence-electron chi connectivity index (χ0n) is 20.8. The summed E-state index contributed by atoms with van der Waals surface area (Å²) in [6, 6.07) is 25.1. The lowest BCUT2D eigenvalue weighted by molar-refractivity contribution is 0.0526. The maximum atomic E-state index is 13.8. The minimum absolute atomic E-state index is 0.165. The van der Waals surface area contributed by atoms with E-state index in [1.165, 1.54) is 4.90 Å². The molecule has 0 saturated carbocycles. The molecule has 196 valence electrons. The summed E-state index contributed by atoms with van der Waals surface area (Å²) in [5.74, 6) is -1.20. The van der Waals surface area contributed by atoms with Crippen molar-refractivity contribution in [2.24, 2.45) is 0 Å². The summed E-state index contributed by atoms with van der Waals surface area (Å²) < 4.78 is 18.6. The second-order valence-electron chi connectivity index (χ2n) is 8.72. The number of carbonyl (C=O) groups excluding carboxylic acids is 3. The lowest BCUT2D eigenvalue weighted by atomic mass is 10.1. The van der Waals surface area contributed by atoms with Crippen molar-refractivity contribution in [3.05, 3.63) is 118 Å². The van der Waals surface area contributed by atoms with E-state index >= 15 is 0 Å². The number of rotatable bonds is 6. The van der Waals surface area contributed by atoms with Crippen molar-refractivity contribution in [3.63, 3.8) is 0 Å². The van der Waals surface area contributed by atoms with Gasteiger partial charge in [0.1, 0.15) is 0 Å². The standard InChI is InChI=1S/C30H23ClN2O5S/c1-2-38-30(36)20-10-13-23(14-11-20)32-28(34)21-12-15-27-25(17-21)33(18-19-6-5-7-22(31)16-19)29(35)24-8-3-4-9-26(24)39(27)37/h3-17H,2,18H2,1H3,(H,32,34)/t39-/m1/s1. The van der Waals surface area contributed by atoms with Gasteiger partial charge in [0.05, 0.1) is 50.6 Å². The lowest BCUT2D eigenvalue weighted by Gasteiger charge is -2.24. The number of carbonyl (C=O) groups is 3. The smallest absolute Gasteiger partial charge is 0.338 e. The highest BCUT2D eigenvalue weighted by Crippen LogP contribution is 2.36. The maximum absolute atomic E-state index is 13.8. The molecular weight excluding hydrogens is 536 g/mol. The Balaban J connectivity index is 1.50. The molecule has 1 N–H and O–H groups in total. The van der Waals surface area contributed by atoms with Gasteiger partial charge in [-0.3, -0.25) is 9.59 Å². The average Bonchev–Trinajstić information content (AvgIpc) is 3.03. The molecule has 0 aromatic heterocycles. The van der Waals surface area contributed by atoms with Gasteiger partial charge >= 0.3 is 5.97 Å². The number of esters is 1. The molecule has 0 bridgehead atoms. The molecule has 0 fully saturated rings. The Hall–Kier alpha value is -4.27. The number of halogens is 1. The monoisotopic (exact) mass is 558 g/mol. The molecule has 0 aliphatic carbocycles. The van der Waals surface area contributed by atoms with Crippen molar-refractivity contribution in [2.45, 2.75) is 23.3 Å². The zero-order chi connectivity index (χ0) is 27.5. The maximum Gasteiger partial charge on any atom is 0.338 e. The molecule has 1 aliphatic rings. The number of hydrogen-bond acceptors (Lipinski definition) is 5. The molecule has 0 spiro atoms. The third-order valence-electron chi connectivity index (χ3n) is 6.16. The molecule has 39 heavy (non-hydrogen) atoms. The fourth-order valence-electron chi connectivity index (χ4n) is 4.29. The molecule has 0 radical (unpaired) electrons. The third-order valence-corrected chi connectivity index (χ3v) is 7.89. The Morgan fingerprint density at radius 2 is 1.64 bits per heavy atom. The average molecular weight is 559 g/mol. The molecule has 5 rings (SSSR count). The highest BCUT2D eigenvalue weighted by atomic mass is 35.5. The topological polar surface area (TPSA) is 92.8 Å². The molecule has 4 aromatic carbocycles. The van der Waals surface area contributed by atoms with Gasteiger partial charge in [-0.2, -0.15) is 0 Å². The van der Waals surface area contributed by atoms with E-state index in [9.17, 15) is 18.6 Å². The van der Waals surface area contributed by atoms with Gasteiger partial charge in [0.25, 0.3) is 11.8 Å². The minimum Gasteiger partial charge on any atom is -0.462 e. The molecular formula is C30H23ClN2O5S. The summed E-state index contributed by atoms with van der Waals surface area (Å²) >= 11 is 6.19.